The Hall–Kier alpha value is -2.34. The number of fused-ring (bicyclic) bond motifs is 2. The van der Waals surface area contributed by atoms with Crippen LogP contribution in [0.2, 0.25) is 0 Å². The largest absolute Gasteiger partial charge is 0.478 e. The minimum atomic E-state index is -0.984. The second-order valence-electron chi connectivity index (χ2n) is 4.92. The summed E-state index contributed by atoms with van der Waals surface area (Å²) in [6.07, 6.45) is 1.34. The number of benzene rings is 1. The van der Waals surface area contributed by atoms with E-state index in [2.05, 4.69) is 27.1 Å². The topological polar surface area (TPSA) is 78.9 Å². The monoisotopic (exact) mass is 297 g/mol. The number of thioether (sulfide) groups is 1. The minimum absolute atomic E-state index is 0.166. The third-order valence-electron chi connectivity index (χ3n) is 3.63. The first-order valence-electron chi connectivity index (χ1n) is 6.53. The van der Waals surface area contributed by atoms with Gasteiger partial charge in [-0.15, -0.1) is 11.8 Å². The van der Waals surface area contributed by atoms with Crippen LogP contribution < -0.4 is 0 Å². The first-order chi connectivity index (χ1) is 10.2. The van der Waals surface area contributed by atoms with E-state index >= 15 is 0 Å². The van der Waals surface area contributed by atoms with Crippen molar-refractivity contribution in [2.24, 2.45) is 0 Å². The average molecular weight is 297 g/mol. The van der Waals surface area contributed by atoms with E-state index < -0.39 is 5.97 Å². The van der Waals surface area contributed by atoms with Crippen molar-refractivity contribution in [3.8, 4) is 0 Å². The lowest BCUT2D eigenvalue weighted by Crippen LogP contribution is -2.01. The van der Waals surface area contributed by atoms with E-state index in [1.165, 1.54) is 16.7 Å². The summed E-state index contributed by atoms with van der Waals surface area (Å²) in [5.41, 5.74) is 2.66. The number of aromatic amines is 1. The second kappa shape index (κ2) is 4.60. The van der Waals surface area contributed by atoms with Crippen LogP contribution in [-0.4, -0.2) is 31.8 Å². The molecule has 0 saturated carbocycles. The molecular formula is C15H11N3O2S. The molecule has 0 aliphatic carbocycles. The molecule has 1 aliphatic heterocycles. The van der Waals surface area contributed by atoms with Gasteiger partial charge in [-0.2, -0.15) is 0 Å². The van der Waals surface area contributed by atoms with Crippen LogP contribution in [0.25, 0.3) is 11.2 Å². The third kappa shape index (κ3) is 1.99. The first-order valence-corrected chi connectivity index (χ1v) is 7.51. The van der Waals surface area contributed by atoms with Crippen molar-refractivity contribution < 1.29 is 9.90 Å². The van der Waals surface area contributed by atoms with Gasteiger partial charge in [0, 0.05) is 16.8 Å². The zero-order valence-electron chi connectivity index (χ0n) is 10.9. The predicted octanol–water partition coefficient (Wildman–Crippen LogP) is 2.89. The molecule has 2 aromatic heterocycles. The van der Waals surface area contributed by atoms with E-state index in [-0.39, 0.29) is 11.5 Å². The number of carboxylic acid groups (broad SMARTS) is 1. The highest BCUT2D eigenvalue weighted by molar-refractivity contribution is 7.99. The summed E-state index contributed by atoms with van der Waals surface area (Å²) in [5, 5.41) is 9.02. The maximum absolute atomic E-state index is 11.0. The highest BCUT2D eigenvalue weighted by atomic mass is 32.2. The van der Waals surface area contributed by atoms with Crippen LogP contribution in [0.3, 0.4) is 0 Å². The Morgan fingerprint density at radius 2 is 2.24 bits per heavy atom. The molecule has 0 radical (unpaired) electrons. The second-order valence-corrected chi connectivity index (χ2v) is 5.99. The Morgan fingerprint density at radius 3 is 3.10 bits per heavy atom. The fourth-order valence-corrected chi connectivity index (χ4v) is 3.83. The van der Waals surface area contributed by atoms with Gasteiger partial charge < -0.3 is 10.1 Å². The molecule has 0 amide bonds. The zero-order valence-corrected chi connectivity index (χ0v) is 11.7. The van der Waals surface area contributed by atoms with Gasteiger partial charge in [-0.05, 0) is 17.7 Å². The van der Waals surface area contributed by atoms with Crippen molar-refractivity contribution in [1.29, 1.82) is 0 Å². The molecule has 1 aromatic carbocycles. The average Bonchev–Trinajstić information content (AvgIpc) is 3.09. The number of pyridine rings is 1. The molecule has 0 fully saturated rings. The summed E-state index contributed by atoms with van der Waals surface area (Å²) < 4.78 is 0. The molecule has 2 N–H and O–H groups in total. The number of hydrogen-bond donors (Lipinski definition) is 2. The van der Waals surface area contributed by atoms with Gasteiger partial charge in [-0.1, -0.05) is 18.2 Å². The number of carbonyl (C=O) groups is 1. The van der Waals surface area contributed by atoms with E-state index in [9.17, 15) is 4.79 Å². The smallest absolute Gasteiger partial charge is 0.337 e. The molecule has 4 rings (SSSR count). The zero-order chi connectivity index (χ0) is 14.4. The molecule has 21 heavy (non-hydrogen) atoms. The van der Waals surface area contributed by atoms with Gasteiger partial charge in [-0.25, -0.2) is 14.8 Å². The Morgan fingerprint density at radius 1 is 1.38 bits per heavy atom. The number of rotatable bonds is 2. The Kier molecular flexibility index (Phi) is 2.71. The quantitative estimate of drug-likeness (QED) is 0.760. The molecule has 3 aromatic rings. The van der Waals surface area contributed by atoms with Crippen molar-refractivity contribution in [3.63, 3.8) is 0 Å². The molecule has 1 aliphatic rings. The lowest BCUT2D eigenvalue weighted by molar-refractivity contribution is 0.0696. The molecule has 104 valence electrons. The van der Waals surface area contributed by atoms with Crippen molar-refractivity contribution in [2.45, 2.75) is 10.8 Å². The van der Waals surface area contributed by atoms with E-state index in [0.717, 1.165) is 11.6 Å². The summed E-state index contributed by atoms with van der Waals surface area (Å²) in [4.78, 5) is 24.1. The molecule has 6 heteroatoms. The number of aromatic nitrogens is 3. The Bertz CT molecular complexity index is 859. The third-order valence-corrected chi connectivity index (χ3v) is 4.82. The number of nitrogens with one attached hydrogen (secondary N) is 1. The van der Waals surface area contributed by atoms with E-state index in [1.54, 1.807) is 6.07 Å². The molecule has 0 saturated heterocycles. The van der Waals surface area contributed by atoms with Gasteiger partial charge in [0.2, 0.25) is 0 Å². The van der Waals surface area contributed by atoms with Gasteiger partial charge in [0.1, 0.15) is 5.82 Å². The molecule has 1 atom stereocenters. The van der Waals surface area contributed by atoms with Crippen LogP contribution in [0, 0.1) is 0 Å². The number of imidazole rings is 1. The van der Waals surface area contributed by atoms with Crippen LogP contribution in [0.5, 0.6) is 0 Å². The van der Waals surface area contributed by atoms with Gasteiger partial charge in [0.15, 0.2) is 5.65 Å². The minimum Gasteiger partial charge on any atom is -0.478 e. The van der Waals surface area contributed by atoms with Crippen molar-refractivity contribution in [3.05, 3.63) is 53.5 Å². The molecular weight excluding hydrogens is 286 g/mol. The Balaban J connectivity index is 1.80. The highest BCUT2D eigenvalue weighted by Crippen LogP contribution is 2.42. The lowest BCUT2D eigenvalue weighted by atomic mass is 10.0. The number of carboxylic acids is 1. The van der Waals surface area contributed by atoms with E-state index in [4.69, 9.17) is 5.11 Å². The SMILES string of the molecule is O=C(O)c1cnc2nc(C3CSc4ccccc43)[nH]c2c1. The molecule has 0 bridgehead atoms. The van der Waals surface area contributed by atoms with Crippen LogP contribution >= 0.6 is 11.8 Å². The lowest BCUT2D eigenvalue weighted by Gasteiger charge is -2.06. The van der Waals surface area contributed by atoms with Crippen LogP contribution in [0.4, 0.5) is 0 Å². The first kappa shape index (κ1) is 12.4. The van der Waals surface area contributed by atoms with Crippen molar-refractivity contribution >= 4 is 28.9 Å². The van der Waals surface area contributed by atoms with E-state index in [0.29, 0.717) is 11.2 Å². The molecule has 1 unspecified atom stereocenters. The fraction of sp³-hybridized carbons (Fsp3) is 0.133. The van der Waals surface area contributed by atoms with Gasteiger partial charge >= 0.3 is 5.97 Å². The summed E-state index contributed by atoms with van der Waals surface area (Å²) >= 11 is 1.81. The van der Waals surface area contributed by atoms with Crippen molar-refractivity contribution in [1.82, 2.24) is 15.0 Å². The number of nitrogens with zero attached hydrogens (tertiary/aromatic N) is 2. The van der Waals surface area contributed by atoms with Crippen LogP contribution in [-0.2, 0) is 0 Å². The number of H-pyrrole nitrogens is 1. The molecule has 5 nitrogen and oxygen atoms in total. The van der Waals surface area contributed by atoms with Gasteiger partial charge in [0.05, 0.1) is 17.0 Å². The maximum atomic E-state index is 11.0. The number of hydrogen-bond acceptors (Lipinski definition) is 4. The molecule has 0 spiro atoms. The van der Waals surface area contributed by atoms with Gasteiger partial charge in [0.25, 0.3) is 0 Å². The fourth-order valence-electron chi connectivity index (χ4n) is 2.59. The molecule has 3 heterocycles. The predicted molar refractivity (Wildman–Crippen MR) is 79.9 cm³/mol. The summed E-state index contributed by atoms with van der Waals surface area (Å²) in [6, 6.07) is 9.87. The van der Waals surface area contributed by atoms with Crippen molar-refractivity contribution in [2.75, 3.05) is 5.75 Å². The summed E-state index contributed by atoms with van der Waals surface area (Å²) in [5.74, 6) is 0.999. The summed E-state index contributed by atoms with van der Waals surface area (Å²) in [6.45, 7) is 0. The standard InChI is InChI=1S/C15H11N3O2S/c19-15(20)8-5-11-14(16-6-8)18-13(17-11)10-7-21-12-4-2-1-3-9(10)12/h1-6,10H,7H2,(H,19,20)(H,16,17,18). The summed E-state index contributed by atoms with van der Waals surface area (Å²) in [7, 11) is 0. The highest BCUT2D eigenvalue weighted by Gasteiger charge is 2.27. The van der Waals surface area contributed by atoms with Crippen LogP contribution in [0.15, 0.2) is 41.4 Å². The van der Waals surface area contributed by atoms with E-state index in [1.807, 2.05) is 23.9 Å². The van der Waals surface area contributed by atoms with Crippen LogP contribution in [0.1, 0.15) is 27.7 Å². The van der Waals surface area contributed by atoms with Gasteiger partial charge in [-0.3, -0.25) is 0 Å². The normalized spacial score (nSPS) is 17.0. The Labute approximate surface area is 124 Å². The maximum Gasteiger partial charge on any atom is 0.337 e. The number of aromatic carboxylic acids is 1.